The summed E-state index contributed by atoms with van der Waals surface area (Å²) in [6.07, 6.45) is 2.91. The Labute approximate surface area is 93.3 Å². The zero-order chi connectivity index (χ0) is 11.6. The first-order valence-electron chi connectivity index (χ1n) is 4.28. The van der Waals surface area contributed by atoms with E-state index in [9.17, 15) is 13.2 Å². The van der Waals surface area contributed by atoms with Crippen molar-refractivity contribution in [1.82, 2.24) is 15.0 Å². The molecule has 0 radical (unpaired) electrons. The van der Waals surface area contributed by atoms with Gasteiger partial charge in [-0.2, -0.15) is 13.2 Å². The molecular formula is C9H6F3N3S. The molecule has 0 saturated heterocycles. The van der Waals surface area contributed by atoms with E-state index in [-0.39, 0.29) is 16.7 Å². The lowest BCUT2D eigenvalue weighted by Gasteiger charge is -2.09. The zero-order valence-corrected chi connectivity index (χ0v) is 8.66. The summed E-state index contributed by atoms with van der Waals surface area (Å²) < 4.78 is 38.1. The van der Waals surface area contributed by atoms with E-state index in [1.165, 1.54) is 23.1 Å². The number of para-hydroxylation sites is 1. The van der Waals surface area contributed by atoms with Gasteiger partial charge in [0.2, 0.25) is 0 Å². The Bertz CT molecular complexity index is 467. The fourth-order valence-electron chi connectivity index (χ4n) is 1.19. The Morgan fingerprint density at radius 2 is 1.94 bits per heavy atom. The van der Waals surface area contributed by atoms with Crippen molar-refractivity contribution in [2.45, 2.75) is 10.4 Å². The van der Waals surface area contributed by atoms with Gasteiger partial charge in [-0.1, -0.05) is 17.3 Å². The maximum absolute atomic E-state index is 12.3. The number of hydrogen-bond donors (Lipinski definition) is 0. The minimum Gasteiger partial charge on any atom is -0.220 e. The third-order valence-corrected chi connectivity index (χ3v) is 2.56. The van der Waals surface area contributed by atoms with Gasteiger partial charge in [0.25, 0.3) is 0 Å². The summed E-state index contributed by atoms with van der Waals surface area (Å²) >= 11 is -0.163. The molecule has 0 saturated carbocycles. The molecule has 2 aromatic rings. The van der Waals surface area contributed by atoms with Crippen LogP contribution in [0, 0.1) is 0 Å². The van der Waals surface area contributed by atoms with Crippen molar-refractivity contribution >= 4 is 11.8 Å². The summed E-state index contributed by atoms with van der Waals surface area (Å²) in [5.74, 6) is 0. The lowest BCUT2D eigenvalue weighted by molar-refractivity contribution is -0.0328. The molecule has 1 aromatic carbocycles. The molecule has 0 atom stereocenters. The van der Waals surface area contributed by atoms with Crippen LogP contribution in [0.15, 0.2) is 41.6 Å². The molecule has 0 fully saturated rings. The third kappa shape index (κ3) is 2.54. The fourth-order valence-corrected chi connectivity index (χ4v) is 1.86. The Kier molecular flexibility index (Phi) is 2.86. The van der Waals surface area contributed by atoms with E-state index in [0.29, 0.717) is 5.69 Å². The van der Waals surface area contributed by atoms with Crippen LogP contribution in [-0.4, -0.2) is 20.5 Å². The van der Waals surface area contributed by atoms with Crippen LogP contribution in [0.3, 0.4) is 0 Å². The van der Waals surface area contributed by atoms with Crippen molar-refractivity contribution in [2.75, 3.05) is 0 Å². The molecule has 1 aromatic heterocycles. The number of halogens is 3. The van der Waals surface area contributed by atoms with Gasteiger partial charge in [0.05, 0.1) is 18.1 Å². The van der Waals surface area contributed by atoms with Crippen LogP contribution in [0.1, 0.15) is 0 Å². The van der Waals surface area contributed by atoms with Crippen LogP contribution in [0.2, 0.25) is 0 Å². The number of benzene rings is 1. The molecule has 0 aliphatic heterocycles. The van der Waals surface area contributed by atoms with Gasteiger partial charge in [0, 0.05) is 4.90 Å². The summed E-state index contributed by atoms with van der Waals surface area (Å²) in [6, 6.07) is 6.16. The Balaban J connectivity index is 2.39. The predicted molar refractivity (Wildman–Crippen MR) is 53.3 cm³/mol. The monoisotopic (exact) mass is 245 g/mol. The Morgan fingerprint density at radius 1 is 1.19 bits per heavy atom. The molecule has 0 amide bonds. The van der Waals surface area contributed by atoms with Gasteiger partial charge in [-0.05, 0) is 23.9 Å². The van der Waals surface area contributed by atoms with Gasteiger partial charge < -0.3 is 0 Å². The summed E-state index contributed by atoms with van der Waals surface area (Å²) in [5, 5.41) is 7.22. The predicted octanol–water partition coefficient (Wildman–Crippen LogP) is 2.88. The van der Waals surface area contributed by atoms with Gasteiger partial charge in [-0.15, -0.1) is 5.10 Å². The summed E-state index contributed by atoms with van der Waals surface area (Å²) in [5.41, 5.74) is -3.95. The van der Waals surface area contributed by atoms with Crippen LogP contribution >= 0.6 is 11.8 Å². The summed E-state index contributed by atoms with van der Waals surface area (Å²) in [7, 11) is 0. The van der Waals surface area contributed by atoms with E-state index in [4.69, 9.17) is 0 Å². The largest absolute Gasteiger partial charge is 0.446 e. The number of aromatic nitrogens is 3. The smallest absolute Gasteiger partial charge is 0.220 e. The number of hydrogen-bond acceptors (Lipinski definition) is 3. The van der Waals surface area contributed by atoms with Crippen LogP contribution in [0.25, 0.3) is 5.69 Å². The molecule has 1 heterocycles. The maximum atomic E-state index is 12.3. The molecule has 0 N–H and O–H groups in total. The van der Waals surface area contributed by atoms with Gasteiger partial charge in [-0.3, -0.25) is 0 Å². The van der Waals surface area contributed by atoms with Crippen molar-refractivity contribution in [3.8, 4) is 5.69 Å². The molecule has 0 spiro atoms. The quantitative estimate of drug-likeness (QED) is 0.762. The summed E-state index contributed by atoms with van der Waals surface area (Å²) in [6.45, 7) is 0. The van der Waals surface area contributed by atoms with E-state index in [1.54, 1.807) is 18.2 Å². The highest BCUT2D eigenvalue weighted by Crippen LogP contribution is 2.39. The van der Waals surface area contributed by atoms with Crippen molar-refractivity contribution in [3.63, 3.8) is 0 Å². The maximum Gasteiger partial charge on any atom is 0.446 e. The fraction of sp³-hybridized carbons (Fsp3) is 0.111. The first-order valence-corrected chi connectivity index (χ1v) is 5.09. The number of alkyl halides is 3. The molecule has 7 heteroatoms. The topological polar surface area (TPSA) is 30.7 Å². The second kappa shape index (κ2) is 4.17. The molecule has 0 unspecified atom stereocenters. The normalized spacial score (nSPS) is 11.7. The first kappa shape index (κ1) is 11.0. The molecule has 0 aliphatic rings. The second-order valence-corrected chi connectivity index (χ2v) is 3.97. The van der Waals surface area contributed by atoms with Gasteiger partial charge in [0.1, 0.15) is 0 Å². The van der Waals surface area contributed by atoms with E-state index >= 15 is 0 Å². The van der Waals surface area contributed by atoms with Crippen molar-refractivity contribution in [2.24, 2.45) is 0 Å². The Morgan fingerprint density at radius 3 is 2.56 bits per heavy atom. The highest BCUT2D eigenvalue weighted by atomic mass is 32.2. The molecule has 0 aliphatic carbocycles. The second-order valence-electron chi connectivity index (χ2n) is 2.86. The van der Waals surface area contributed by atoms with Crippen molar-refractivity contribution in [3.05, 3.63) is 36.7 Å². The van der Waals surface area contributed by atoms with E-state index in [0.717, 1.165) is 0 Å². The lowest BCUT2D eigenvalue weighted by Crippen LogP contribution is -2.03. The lowest BCUT2D eigenvalue weighted by atomic mass is 10.3. The highest BCUT2D eigenvalue weighted by Gasteiger charge is 2.30. The number of rotatable bonds is 2. The number of thioether (sulfide) groups is 1. The molecule has 3 nitrogen and oxygen atoms in total. The third-order valence-electron chi connectivity index (χ3n) is 1.76. The Hall–Kier alpha value is -1.50. The minimum atomic E-state index is -4.31. The SMILES string of the molecule is FC(F)(F)Sc1ccccc1-n1ccnn1. The van der Waals surface area contributed by atoms with Crippen molar-refractivity contribution in [1.29, 1.82) is 0 Å². The average Bonchev–Trinajstić information content (AvgIpc) is 2.69. The molecular weight excluding hydrogens is 239 g/mol. The zero-order valence-electron chi connectivity index (χ0n) is 7.85. The first-order chi connectivity index (χ1) is 7.56. The molecule has 16 heavy (non-hydrogen) atoms. The van der Waals surface area contributed by atoms with E-state index in [2.05, 4.69) is 10.3 Å². The highest BCUT2D eigenvalue weighted by molar-refractivity contribution is 8.00. The molecule has 84 valence electrons. The molecule has 0 bridgehead atoms. The summed E-state index contributed by atoms with van der Waals surface area (Å²) in [4.78, 5) is 0.0977. The molecule has 2 rings (SSSR count). The van der Waals surface area contributed by atoms with Crippen LogP contribution in [0.4, 0.5) is 13.2 Å². The standard InChI is InChI=1S/C9H6F3N3S/c10-9(11,12)16-8-4-2-1-3-7(8)15-6-5-13-14-15/h1-6H. The van der Waals surface area contributed by atoms with Crippen LogP contribution < -0.4 is 0 Å². The van der Waals surface area contributed by atoms with Crippen molar-refractivity contribution < 1.29 is 13.2 Å². The average molecular weight is 245 g/mol. The van der Waals surface area contributed by atoms with Crippen LogP contribution in [0.5, 0.6) is 0 Å². The minimum absolute atomic E-state index is 0.0977. The number of nitrogens with zero attached hydrogens (tertiary/aromatic N) is 3. The van der Waals surface area contributed by atoms with Gasteiger partial charge in [0.15, 0.2) is 0 Å². The van der Waals surface area contributed by atoms with E-state index < -0.39 is 5.51 Å². The van der Waals surface area contributed by atoms with Crippen LogP contribution in [-0.2, 0) is 0 Å². The van der Waals surface area contributed by atoms with Gasteiger partial charge >= 0.3 is 5.51 Å². The van der Waals surface area contributed by atoms with Gasteiger partial charge in [-0.25, -0.2) is 4.68 Å². The van der Waals surface area contributed by atoms with E-state index in [1.807, 2.05) is 0 Å².